The third-order valence-corrected chi connectivity index (χ3v) is 8.48. The zero-order chi connectivity index (χ0) is 25.5. The molecule has 0 bridgehead atoms. The van der Waals surface area contributed by atoms with E-state index >= 15 is 0 Å². The molecule has 2 saturated carbocycles. The van der Waals surface area contributed by atoms with Gasteiger partial charge >= 0.3 is 0 Å². The number of fused-ring (bicyclic) bond motifs is 5. The molecule has 2 fully saturated rings. The second-order valence-corrected chi connectivity index (χ2v) is 11.3. The Bertz CT molecular complexity index is 900. The van der Waals surface area contributed by atoms with E-state index in [0.29, 0.717) is 5.41 Å². The van der Waals surface area contributed by atoms with Crippen molar-refractivity contribution in [2.24, 2.45) is 28.6 Å². The van der Waals surface area contributed by atoms with Crippen LogP contribution in [0.15, 0.2) is 96.2 Å². The van der Waals surface area contributed by atoms with Crippen molar-refractivity contribution in [2.45, 2.75) is 87.0 Å². The molecule has 4 aliphatic rings. The number of hydrogen-bond donors (Lipinski definition) is 0. The molecule has 4 rings (SSSR count). The van der Waals surface area contributed by atoms with E-state index in [1.54, 1.807) is 11.1 Å². The van der Waals surface area contributed by atoms with Gasteiger partial charge in [0.1, 0.15) is 0 Å². The van der Waals surface area contributed by atoms with Crippen LogP contribution in [0.2, 0.25) is 0 Å². The highest BCUT2D eigenvalue weighted by atomic mass is 14.6. The molecule has 0 aromatic heterocycles. The van der Waals surface area contributed by atoms with Crippen LogP contribution in [0, 0.1) is 28.6 Å². The Morgan fingerprint density at radius 3 is 2.24 bits per heavy atom. The Kier molecular flexibility index (Phi) is 9.98. The molecule has 5 atom stereocenters. The maximum Gasteiger partial charge on any atom is 0.0281 e. The molecule has 186 valence electrons. The predicted octanol–water partition coefficient (Wildman–Crippen LogP) is 10.5. The molecule has 0 aliphatic heterocycles. The minimum atomic E-state index is 0.158. The van der Waals surface area contributed by atoms with Crippen LogP contribution in [0.4, 0.5) is 0 Å². The van der Waals surface area contributed by atoms with Gasteiger partial charge < -0.3 is 0 Å². The second kappa shape index (κ2) is 12.1. The topological polar surface area (TPSA) is 0 Å². The fourth-order valence-corrected chi connectivity index (χ4v) is 6.74. The van der Waals surface area contributed by atoms with Gasteiger partial charge in [-0.25, -0.2) is 0 Å². The summed E-state index contributed by atoms with van der Waals surface area (Å²) in [5.74, 6) is 2.36. The summed E-state index contributed by atoms with van der Waals surface area (Å²) < 4.78 is 0. The minimum absolute atomic E-state index is 0.158. The van der Waals surface area contributed by atoms with Gasteiger partial charge in [-0.2, -0.15) is 0 Å². The Balaban J connectivity index is 0.000000347. The lowest BCUT2D eigenvalue weighted by Crippen LogP contribution is -2.43. The van der Waals surface area contributed by atoms with Crippen LogP contribution in [0.5, 0.6) is 0 Å². The summed E-state index contributed by atoms with van der Waals surface area (Å²) in [5.41, 5.74) is 7.74. The van der Waals surface area contributed by atoms with E-state index in [9.17, 15) is 0 Å². The van der Waals surface area contributed by atoms with Crippen LogP contribution in [0.1, 0.15) is 87.0 Å². The summed E-state index contributed by atoms with van der Waals surface area (Å²) >= 11 is 0. The molecule has 0 radical (unpaired) electrons. The van der Waals surface area contributed by atoms with E-state index in [0.717, 1.165) is 24.2 Å². The third-order valence-electron chi connectivity index (χ3n) is 8.48. The summed E-state index contributed by atoms with van der Waals surface area (Å²) in [6.45, 7) is 27.4. The highest BCUT2D eigenvalue weighted by molar-refractivity contribution is 5.50. The molecule has 34 heavy (non-hydrogen) atoms. The summed E-state index contributed by atoms with van der Waals surface area (Å²) in [5, 5.41) is 0. The van der Waals surface area contributed by atoms with Crippen molar-refractivity contribution in [3.8, 4) is 0 Å². The molecule has 2 unspecified atom stereocenters. The summed E-state index contributed by atoms with van der Waals surface area (Å²) in [4.78, 5) is 0. The van der Waals surface area contributed by atoms with E-state index in [1.807, 2.05) is 52.0 Å². The first-order chi connectivity index (χ1) is 16.0. The van der Waals surface area contributed by atoms with E-state index in [2.05, 4.69) is 64.8 Å². The van der Waals surface area contributed by atoms with Crippen LogP contribution >= 0.6 is 0 Å². The van der Waals surface area contributed by atoms with Crippen molar-refractivity contribution < 1.29 is 0 Å². The van der Waals surface area contributed by atoms with Gasteiger partial charge in [0.2, 0.25) is 0 Å². The standard InChI is InChI=1S/C24H32.C6H10.C4H8/c1-6-17(3)20-9-10-21-19-8-7-18-15-16(2)11-13-23(18,4)22(19)12-14-24(20,21)5;1-3-5-6-4-2;1-4(2)3/h11-13,15,19-21H,2-3,6-10,14H2,1,4-5H3;3-6H,1-2H3;1H2,2-3H3/b;5-3-,6-4-;/t19?,20-,21?,23+,24-;;/m1../s1. The van der Waals surface area contributed by atoms with Crippen molar-refractivity contribution >= 4 is 0 Å². The van der Waals surface area contributed by atoms with Gasteiger partial charge in [-0.3, -0.25) is 0 Å². The second-order valence-electron chi connectivity index (χ2n) is 11.3. The first kappa shape index (κ1) is 28.2. The van der Waals surface area contributed by atoms with E-state index < -0.39 is 0 Å². The summed E-state index contributed by atoms with van der Waals surface area (Å²) in [6, 6.07) is 0. The van der Waals surface area contributed by atoms with Crippen LogP contribution < -0.4 is 0 Å². The minimum Gasteiger partial charge on any atom is -0.100 e. The quantitative estimate of drug-likeness (QED) is 0.291. The van der Waals surface area contributed by atoms with Crippen LogP contribution in [-0.4, -0.2) is 0 Å². The van der Waals surface area contributed by atoms with Gasteiger partial charge in [0, 0.05) is 5.41 Å². The molecule has 0 amide bonds. The first-order valence-electron chi connectivity index (χ1n) is 13.4. The van der Waals surface area contributed by atoms with Gasteiger partial charge in [0.05, 0.1) is 0 Å². The van der Waals surface area contributed by atoms with Crippen molar-refractivity contribution in [2.75, 3.05) is 0 Å². The summed E-state index contributed by atoms with van der Waals surface area (Å²) in [7, 11) is 0. The fraction of sp³-hybridized carbons (Fsp3) is 0.529. The fourth-order valence-electron chi connectivity index (χ4n) is 6.74. The maximum absolute atomic E-state index is 4.43. The van der Waals surface area contributed by atoms with Crippen LogP contribution in [0.25, 0.3) is 0 Å². The molecule has 0 nitrogen and oxygen atoms in total. The van der Waals surface area contributed by atoms with Crippen LogP contribution in [-0.2, 0) is 0 Å². The molecule has 0 saturated heterocycles. The molecular weight excluding hydrogens is 408 g/mol. The van der Waals surface area contributed by atoms with Gasteiger partial charge in [0.15, 0.2) is 0 Å². The lowest BCUT2D eigenvalue weighted by Gasteiger charge is -2.52. The molecule has 0 aromatic carbocycles. The number of rotatable bonds is 3. The van der Waals surface area contributed by atoms with E-state index in [1.165, 1.54) is 48.8 Å². The lowest BCUT2D eigenvalue weighted by molar-refractivity contribution is 0.104. The molecule has 0 heteroatoms. The molecule has 0 heterocycles. The largest absolute Gasteiger partial charge is 0.100 e. The number of hydrogen-bond acceptors (Lipinski definition) is 0. The molecule has 4 aliphatic carbocycles. The summed E-state index contributed by atoms with van der Waals surface area (Å²) in [6.07, 6.45) is 25.4. The molecule has 0 N–H and O–H groups in total. The monoisotopic (exact) mass is 458 g/mol. The smallest absolute Gasteiger partial charge is 0.0281 e. The van der Waals surface area contributed by atoms with Crippen molar-refractivity contribution in [1.82, 2.24) is 0 Å². The van der Waals surface area contributed by atoms with Crippen molar-refractivity contribution in [3.63, 3.8) is 0 Å². The Hall–Kier alpha value is -2.08. The van der Waals surface area contributed by atoms with E-state index in [-0.39, 0.29) is 5.41 Å². The maximum atomic E-state index is 4.43. The zero-order valence-corrected chi connectivity index (χ0v) is 23.2. The Labute approximate surface area is 211 Å². The molecule has 0 aromatic rings. The van der Waals surface area contributed by atoms with Crippen molar-refractivity contribution in [1.29, 1.82) is 0 Å². The first-order valence-corrected chi connectivity index (χ1v) is 13.4. The van der Waals surface area contributed by atoms with Gasteiger partial charge in [-0.1, -0.05) is 97.9 Å². The SMILES string of the molecule is C/C=C\C=C/C.C=C(C)C.C=C1C=C[C@@]2(C)C(=C1)CCC1C2=CC[C@@]2(C)C1CC[C@@H]2C(=C)CC. The van der Waals surface area contributed by atoms with Gasteiger partial charge in [0.25, 0.3) is 0 Å². The highest BCUT2D eigenvalue weighted by Crippen LogP contribution is 2.65. The predicted molar refractivity (Wildman–Crippen MR) is 154 cm³/mol. The molecule has 0 spiro atoms. The molecular formula is C34H50. The van der Waals surface area contributed by atoms with Crippen molar-refractivity contribution in [3.05, 3.63) is 96.2 Å². The third kappa shape index (κ3) is 5.94. The van der Waals surface area contributed by atoms with Gasteiger partial charge in [-0.05, 0) is 102 Å². The number of allylic oxidation sites excluding steroid dienone is 13. The van der Waals surface area contributed by atoms with Crippen LogP contribution in [0.3, 0.4) is 0 Å². The zero-order valence-electron chi connectivity index (χ0n) is 23.2. The average molecular weight is 459 g/mol. The normalized spacial score (nSPS) is 33.5. The van der Waals surface area contributed by atoms with Gasteiger partial charge in [-0.15, -0.1) is 6.58 Å². The highest BCUT2D eigenvalue weighted by Gasteiger charge is 2.55. The van der Waals surface area contributed by atoms with E-state index in [4.69, 9.17) is 0 Å². The average Bonchev–Trinajstić information content (AvgIpc) is 3.15. The Morgan fingerprint density at radius 2 is 1.68 bits per heavy atom. The lowest BCUT2D eigenvalue weighted by atomic mass is 9.52. The Morgan fingerprint density at radius 1 is 1.06 bits per heavy atom.